The van der Waals surface area contributed by atoms with Crippen LogP contribution in [0.25, 0.3) is 22.0 Å². The fourth-order valence-corrected chi connectivity index (χ4v) is 3.21. The molecular formula is C18H22N6OS. The fraction of sp³-hybridized carbons (Fsp3) is 0.389. The summed E-state index contributed by atoms with van der Waals surface area (Å²) in [6.07, 6.45) is 2.07. The molecule has 26 heavy (non-hydrogen) atoms. The fourth-order valence-electron chi connectivity index (χ4n) is 2.29. The van der Waals surface area contributed by atoms with Crippen molar-refractivity contribution in [2.75, 3.05) is 5.32 Å². The Kier molecular flexibility index (Phi) is 5.72. The number of rotatable bonds is 7. The number of thiazole rings is 1. The predicted molar refractivity (Wildman–Crippen MR) is 103 cm³/mol. The topological polar surface area (TPSA) is 85.6 Å². The van der Waals surface area contributed by atoms with E-state index in [1.165, 1.54) is 11.3 Å². The third-order valence-corrected chi connectivity index (χ3v) is 4.76. The summed E-state index contributed by atoms with van der Waals surface area (Å²) in [5.41, 5.74) is 1.71. The Hall–Kier alpha value is -2.61. The van der Waals surface area contributed by atoms with Crippen LogP contribution in [0.4, 0.5) is 5.13 Å². The maximum absolute atomic E-state index is 12.0. The molecule has 3 rings (SSSR count). The molecule has 0 aliphatic heterocycles. The number of benzene rings is 1. The molecule has 0 spiro atoms. The van der Waals surface area contributed by atoms with Crippen LogP contribution in [0.5, 0.6) is 0 Å². The van der Waals surface area contributed by atoms with Gasteiger partial charge in [-0.25, -0.2) is 4.98 Å². The monoisotopic (exact) mass is 370 g/mol. The van der Waals surface area contributed by atoms with Crippen molar-refractivity contribution in [1.82, 2.24) is 25.2 Å². The van der Waals surface area contributed by atoms with Gasteiger partial charge in [0.15, 0.2) is 5.13 Å². The van der Waals surface area contributed by atoms with Gasteiger partial charge in [0.05, 0.1) is 12.2 Å². The minimum Gasteiger partial charge on any atom is -0.302 e. The maximum Gasteiger partial charge on any atom is 0.228 e. The zero-order valence-corrected chi connectivity index (χ0v) is 16.0. The number of hydrogen-bond donors (Lipinski definition) is 1. The zero-order valence-electron chi connectivity index (χ0n) is 15.1. The number of carbonyl (C=O) groups is 1. The van der Waals surface area contributed by atoms with Gasteiger partial charge in [-0.2, -0.15) is 4.80 Å². The van der Waals surface area contributed by atoms with Gasteiger partial charge in [0, 0.05) is 11.5 Å². The normalized spacial score (nSPS) is 11.1. The summed E-state index contributed by atoms with van der Waals surface area (Å²) in [7, 11) is 0. The number of carbonyl (C=O) groups excluding carboxylic acids is 1. The molecule has 8 heteroatoms. The largest absolute Gasteiger partial charge is 0.302 e. The number of aryl methyl sites for hydroxylation is 1. The average Bonchev–Trinajstić information content (AvgIpc) is 3.27. The molecule has 0 unspecified atom stereocenters. The minimum absolute atomic E-state index is 0.0653. The van der Waals surface area contributed by atoms with E-state index in [0.717, 1.165) is 35.5 Å². The van der Waals surface area contributed by atoms with Crippen molar-refractivity contribution in [1.29, 1.82) is 0 Å². The second kappa shape index (κ2) is 8.18. The molecule has 0 saturated heterocycles. The number of hydrogen-bond acceptors (Lipinski definition) is 6. The molecule has 0 saturated carbocycles. The zero-order chi connectivity index (χ0) is 18.5. The second-order valence-corrected chi connectivity index (χ2v) is 7.27. The van der Waals surface area contributed by atoms with Crippen LogP contribution in [0, 0.1) is 5.92 Å². The molecule has 1 N–H and O–H groups in total. The summed E-state index contributed by atoms with van der Waals surface area (Å²) in [5.74, 6) is 0.350. The third-order valence-electron chi connectivity index (χ3n) is 3.80. The Labute approximate surface area is 156 Å². The van der Waals surface area contributed by atoms with E-state index < -0.39 is 0 Å². The first-order valence-corrected chi connectivity index (χ1v) is 9.55. The van der Waals surface area contributed by atoms with Gasteiger partial charge in [-0.3, -0.25) is 4.79 Å². The molecule has 136 valence electrons. The minimum atomic E-state index is -0.115. The quantitative estimate of drug-likeness (QED) is 0.682. The third kappa shape index (κ3) is 4.13. The summed E-state index contributed by atoms with van der Waals surface area (Å²) in [6.45, 7) is 6.56. The van der Waals surface area contributed by atoms with E-state index in [2.05, 4.69) is 32.6 Å². The first-order chi connectivity index (χ1) is 12.6. The van der Waals surface area contributed by atoms with Crippen LogP contribution in [0.2, 0.25) is 0 Å². The molecule has 0 aliphatic rings. The van der Waals surface area contributed by atoms with E-state index in [1.54, 1.807) is 4.80 Å². The lowest BCUT2D eigenvalue weighted by Crippen LogP contribution is -2.17. The summed E-state index contributed by atoms with van der Waals surface area (Å²) in [6, 6.07) is 9.82. The number of unbranched alkanes of at least 4 members (excludes halogenated alkanes) is 1. The SMILES string of the molecule is CCCCn1nnc(-c2sc(NC(=O)C(C)C)nc2-c2ccccc2)n1. The number of aromatic nitrogens is 5. The van der Waals surface area contributed by atoms with Crippen LogP contribution in [0.3, 0.4) is 0 Å². The second-order valence-electron chi connectivity index (χ2n) is 6.27. The van der Waals surface area contributed by atoms with Crippen LogP contribution < -0.4 is 5.32 Å². The number of anilines is 1. The van der Waals surface area contributed by atoms with Crippen molar-refractivity contribution in [3.05, 3.63) is 30.3 Å². The van der Waals surface area contributed by atoms with Crippen molar-refractivity contribution in [3.8, 4) is 22.0 Å². The molecular weight excluding hydrogens is 348 g/mol. The molecule has 0 atom stereocenters. The van der Waals surface area contributed by atoms with Gasteiger partial charge in [-0.1, -0.05) is 68.9 Å². The summed E-state index contributed by atoms with van der Waals surface area (Å²) in [4.78, 5) is 19.1. The van der Waals surface area contributed by atoms with Crippen molar-refractivity contribution in [2.24, 2.45) is 5.92 Å². The Morgan fingerprint density at radius 3 is 2.73 bits per heavy atom. The molecule has 7 nitrogen and oxygen atoms in total. The lowest BCUT2D eigenvalue weighted by atomic mass is 10.1. The number of amides is 1. The average molecular weight is 370 g/mol. The Morgan fingerprint density at radius 1 is 1.27 bits per heavy atom. The molecule has 2 heterocycles. The van der Waals surface area contributed by atoms with Gasteiger partial charge in [0.1, 0.15) is 4.88 Å². The highest BCUT2D eigenvalue weighted by Crippen LogP contribution is 2.37. The number of nitrogens with one attached hydrogen (secondary N) is 1. The van der Waals surface area contributed by atoms with E-state index in [4.69, 9.17) is 0 Å². The van der Waals surface area contributed by atoms with Crippen molar-refractivity contribution < 1.29 is 4.79 Å². The highest BCUT2D eigenvalue weighted by atomic mass is 32.1. The Bertz CT molecular complexity index is 871. The van der Waals surface area contributed by atoms with Crippen LogP contribution in [0.1, 0.15) is 33.6 Å². The van der Waals surface area contributed by atoms with E-state index in [-0.39, 0.29) is 11.8 Å². The number of tetrazole rings is 1. The molecule has 1 amide bonds. The van der Waals surface area contributed by atoms with E-state index in [1.807, 2.05) is 44.2 Å². The predicted octanol–water partition coefficient (Wildman–Crippen LogP) is 3.86. The van der Waals surface area contributed by atoms with Gasteiger partial charge < -0.3 is 5.32 Å². The molecule has 0 aliphatic carbocycles. The van der Waals surface area contributed by atoms with Crippen molar-refractivity contribution in [2.45, 2.75) is 40.2 Å². The van der Waals surface area contributed by atoms with Crippen LogP contribution in [-0.2, 0) is 11.3 Å². The lowest BCUT2D eigenvalue weighted by Gasteiger charge is -2.03. The molecule has 0 fully saturated rings. The van der Waals surface area contributed by atoms with E-state index in [0.29, 0.717) is 11.0 Å². The van der Waals surface area contributed by atoms with Gasteiger partial charge in [-0.15, -0.1) is 10.2 Å². The van der Waals surface area contributed by atoms with Gasteiger partial charge >= 0.3 is 0 Å². The van der Waals surface area contributed by atoms with Crippen LogP contribution >= 0.6 is 11.3 Å². The highest BCUT2D eigenvalue weighted by molar-refractivity contribution is 7.19. The standard InChI is InChI=1S/C18H22N6OS/c1-4-5-11-24-22-16(21-23-24)15-14(13-9-7-6-8-10-13)19-18(26-15)20-17(25)12(2)3/h6-10,12H,4-5,11H2,1-3H3,(H,19,20,25). The number of nitrogens with zero attached hydrogens (tertiary/aromatic N) is 5. The van der Waals surface area contributed by atoms with Gasteiger partial charge in [0.25, 0.3) is 0 Å². The molecule has 3 aromatic rings. The molecule has 0 radical (unpaired) electrons. The first-order valence-electron chi connectivity index (χ1n) is 8.73. The Morgan fingerprint density at radius 2 is 2.04 bits per heavy atom. The van der Waals surface area contributed by atoms with E-state index in [9.17, 15) is 4.79 Å². The highest BCUT2D eigenvalue weighted by Gasteiger charge is 2.20. The summed E-state index contributed by atoms with van der Waals surface area (Å²) in [5, 5.41) is 16.2. The summed E-state index contributed by atoms with van der Waals surface area (Å²) < 4.78 is 0. The first kappa shape index (κ1) is 18.2. The van der Waals surface area contributed by atoms with Gasteiger partial charge in [-0.05, 0) is 11.6 Å². The lowest BCUT2D eigenvalue weighted by molar-refractivity contribution is -0.118. The van der Waals surface area contributed by atoms with E-state index >= 15 is 0 Å². The molecule has 0 bridgehead atoms. The van der Waals surface area contributed by atoms with Gasteiger partial charge in [0.2, 0.25) is 11.7 Å². The summed E-state index contributed by atoms with van der Waals surface area (Å²) >= 11 is 1.37. The van der Waals surface area contributed by atoms with Crippen molar-refractivity contribution >= 4 is 22.4 Å². The maximum atomic E-state index is 12.0. The van der Waals surface area contributed by atoms with Crippen LogP contribution in [0.15, 0.2) is 30.3 Å². The smallest absolute Gasteiger partial charge is 0.228 e. The molecule has 2 aromatic heterocycles. The van der Waals surface area contributed by atoms with Crippen LogP contribution in [-0.4, -0.2) is 31.1 Å². The van der Waals surface area contributed by atoms with Crippen molar-refractivity contribution in [3.63, 3.8) is 0 Å². The molecule has 1 aromatic carbocycles. The Balaban J connectivity index is 1.98.